The molecule has 30 heavy (non-hydrogen) atoms. The van der Waals surface area contributed by atoms with Crippen LogP contribution in [0.2, 0.25) is 0 Å². The Balaban J connectivity index is 1.71. The highest BCUT2D eigenvalue weighted by molar-refractivity contribution is 5.83. The summed E-state index contributed by atoms with van der Waals surface area (Å²) in [5.74, 6) is -0.0153. The number of hydrogen-bond donors (Lipinski definition) is 2. The fourth-order valence-corrected chi connectivity index (χ4v) is 3.18. The van der Waals surface area contributed by atoms with Crippen LogP contribution in [0.5, 0.6) is 5.75 Å². The summed E-state index contributed by atoms with van der Waals surface area (Å²) in [7, 11) is 0. The Hall–Kier alpha value is -3.19. The van der Waals surface area contributed by atoms with Crippen LogP contribution in [0.3, 0.4) is 0 Å². The topological polar surface area (TPSA) is 88.8 Å². The van der Waals surface area contributed by atoms with Gasteiger partial charge in [0.05, 0.1) is 18.2 Å². The van der Waals surface area contributed by atoms with Crippen molar-refractivity contribution >= 4 is 16.9 Å². The average molecular weight is 413 g/mol. The molecular formula is C23H24FNO5. The lowest BCUT2D eigenvalue weighted by molar-refractivity contribution is -0.124. The van der Waals surface area contributed by atoms with E-state index >= 15 is 0 Å². The zero-order chi connectivity index (χ0) is 21.7. The van der Waals surface area contributed by atoms with Gasteiger partial charge in [-0.2, -0.15) is 0 Å². The van der Waals surface area contributed by atoms with E-state index in [1.807, 2.05) is 13.8 Å². The van der Waals surface area contributed by atoms with Crippen molar-refractivity contribution in [2.75, 3.05) is 13.2 Å². The third-order valence-corrected chi connectivity index (χ3v) is 4.57. The molecule has 6 nitrogen and oxygen atoms in total. The zero-order valence-corrected chi connectivity index (χ0v) is 16.9. The first kappa shape index (κ1) is 21.5. The van der Waals surface area contributed by atoms with Gasteiger partial charge in [-0.3, -0.25) is 4.79 Å². The number of hydrogen-bond acceptors (Lipinski definition) is 5. The molecule has 0 fully saturated rings. The quantitative estimate of drug-likeness (QED) is 0.552. The first-order chi connectivity index (χ1) is 14.4. The normalized spacial score (nSPS) is 12.2. The number of benzene rings is 2. The number of fused-ring (bicyclic) bond motifs is 1. The van der Waals surface area contributed by atoms with Gasteiger partial charge in [0.25, 0.3) is 5.91 Å². The highest BCUT2D eigenvalue weighted by Crippen LogP contribution is 2.24. The molecule has 3 rings (SSSR count). The summed E-state index contributed by atoms with van der Waals surface area (Å²) in [6.45, 7) is 3.66. The summed E-state index contributed by atoms with van der Waals surface area (Å²) >= 11 is 0. The molecule has 0 aliphatic carbocycles. The minimum atomic E-state index is -0.552. The van der Waals surface area contributed by atoms with Gasteiger partial charge in [0.1, 0.15) is 17.1 Å². The number of ether oxygens (including phenoxy) is 1. The number of amides is 1. The van der Waals surface area contributed by atoms with Crippen LogP contribution >= 0.6 is 0 Å². The van der Waals surface area contributed by atoms with Gasteiger partial charge in [-0.25, -0.2) is 9.18 Å². The van der Waals surface area contributed by atoms with Crippen molar-refractivity contribution in [2.24, 2.45) is 5.92 Å². The number of carbonyl (C=O) groups excluding carboxylic acids is 1. The molecule has 2 N–H and O–H groups in total. The number of carbonyl (C=O) groups is 1. The number of nitrogens with one attached hydrogen (secondary N) is 1. The van der Waals surface area contributed by atoms with Crippen molar-refractivity contribution in [3.05, 3.63) is 64.8 Å². The van der Waals surface area contributed by atoms with Crippen LogP contribution in [0.25, 0.3) is 22.1 Å². The van der Waals surface area contributed by atoms with E-state index in [1.165, 1.54) is 30.3 Å². The summed E-state index contributed by atoms with van der Waals surface area (Å²) in [6, 6.07) is 11.9. The second kappa shape index (κ2) is 9.54. The van der Waals surface area contributed by atoms with Crippen LogP contribution in [0.15, 0.2) is 57.7 Å². The van der Waals surface area contributed by atoms with Gasteiger partial charge < -0.3 is 19.6 Å². The van der Waals surface area contributed by atoms with Gasteiger partial charge in [-0.05, 0) is 48.2 Å². The molecule has 3 aromatic rings. The highest BCUT2D eigenvalue weighted by atomic mass is 19.1. The van der Waals surface area contributed by atoms with Gasteiger partial charge in [-0.1, -0.05) is 26.0 Å². The third-order valence-electron chi connectivity index (χ3n) is 4.57. The molecule has 2 aromatic carbocycles. The lowest BCUT2D eigenvalue weighted by Gasteiger charge is -2.18. The maximum atomic E-state index is 13.1. The molecule has 1 amide bonds. The number of halogens is 1. The Morgan fingerprint density at radius 3 is 2.57 bits per heavy atom. The van der Waals surface area contributed by atoms with Crippen LogP contribution in [-0.4, -0.2) is 30.3 Å². The standard InChI is InChI=1S/C23H24FNO5/c1-14(2)9-18(12-26)25-22(27)13-29-19-8-5-16-10-20(23(28)30-21(16)11-19)15-3-6-17(24)7-4-15/h3-8,10-11,14,18,26H,9,12-13H2,1-2H3,(H,25,27)/t18-/m1/s1. The molecular weight excluding hydrogens is 389 g/mol. The van der Waals surface area contributed by atoms with E-state index in [0.717, 1.165) is 0 Å². The maximum absolute atomic E-state index is 13.1. The summed E-state index contributed by atoms with van der Waals surface area (Å²) in [6.07, 6.45) is 0.666. The smallest absolute Gasteiger partial charge is 0.344 e. The molecule has 1 atom stereocenters. The number of rotatable bonds is 8. The zero-order valence-electron chi connectivity index (χ0n) is 16.9. The monoisotopic (exact) mass is 413 g/mol. The van der Waals surface area contributed by atoms with E-state index in [2.05, 4.69) is 5.32 Å². The Morgan fingerprint density at radius 1 is 1.17 bits per heavy atom. The average Bonchev–Trinajstić information content (AvgIpc) is 2.71. The van der Waals surface area contributed by atoms with Crippen LogP contribution in [0.4, 0.5) is 4.39 Å². The first-order valence-electron chi connectivity index (χ1n) is 9.72. The molecule has 0 saturated carbocycles. The molecule has 0 saturated heterocycles. The predicted octanol–water partition coefficient (Wildman–Crippen LogP) is 3.50. The van der Waals surface area contributed by atoms with E-state index in [4.69, 9.17) is 9.15 Å². The Labute approximate surface area is 173 Å². The molecule has 7 heteroatoms. The van der Waals surface area contributed by atoms with Crippen LogP contribution in [-0.2, 0) is 4.79 Å². The van der Waals surface area contributed by atoms with Crippen molar-refractivity contribution in [1.82, 2.24) is 5.32 Å². The van der Waals surface area contributed by atoms with Gasteiger partial charge >= 0.3 is 5.63 Å². The molecule has 0 radical (unpaired) electrons. The maximum Gasteiger partial charge on any atom is 0.344 e. The third kappa shape index (κ3) is 5.45. The Morgan fingerprint density at radius 2 is 1.90 bits per heavy atom. The second-order valence-electron chi connectivity index (χ2n) is 7.52. The van der Waals surface area contributed by atoms with E-state index < -0.39 is 5.63 Å². The predicted molar refractivity (Wildman–Crippen MR) is 112 cm³/mol. The highest BCUT2D eigenvalue weighted by Gasteiger charge is 2.14. The SMILES string of the molecule is CC(C)C[C@H](CO)NC(=O)COc1ccc2cc(-c3ccc(F)cc3)c(=O)oc2c1. The molecule has 0 unspecified atom stereocenters. The lowest BCUT2D eigenvalue weighted by Crippen LogP contribution is -2.40. The van der Waals surface area contributed by atoms with Crippen LogP contribution in [0, 0.1) is 11.7 Å². The van der Waals surface area contributed by atoms with Gasteiger partial charge in [-0.15, -0.1) is 0 Å². The molecule has 158 valence electrons. The fourth-order valence-electron chi connectivity index (χ4n) is 3.18. The van der Waals surface area contributed by atoms with E-state index in [-0.39, 0.29) is 31.0 Å². The first-order valence-corrected chi connectivity index (χ1v) is 9.72. The molecule has 0 bridgehead atoms. The molecule has 0 spiro atoms. The van der Waals surface area contributed by atoms with Crippen molar-refractivity contribution in [1.29, 1.82) is 0 Å². The molecule has 1 aromatic heterocycles. The minimum absolute atomic E-state index is 0.137. The summed E-state index contributed by atoms with van der Waals surface area (Å²) in [4.78, 5) is 24.4. The largest absolute Gasteiger partial charge is 0.484 e. The summed E-state index contributed by atoms with van der Waals surface area (Å²) in [5, 5.41) is 12.8. The summed E-state index contributed by atoms with van der Waals surface area (Å²) in [5.41, 5.74) is 0.653. The van der Waals surface area contributed by atoms with Gasteiger partial charge in [0, 0.05) is 11.5 Å². The van der Waals surface area contributed by atoms with Crippen molar-refractivity contribution < 1.29 is 23.4 Å². The van der Waals surface area contributed by atoms with E-state index in [1.54, 1.807) is 18.2 Å². The van der Waals surface area contributed by atoms with Crippen molar-refractivity contribution in [2.45, 2.75) is 26.3 Å². The van der Waals surface area contributed by atoms with Crippen LogP contribution in [0.1, 0.15) is 20.3 Å². The number of aliphatic hydroxyl groups is 1. The molecule has 0 aliphatic heterocycles. The van der Waals surface area contributed by atoms with Gasteiger partial charge in [0.2, 0.25) is 0 Å². The number of aliphatic hydroxyl groups excluding tert-OH is 1. The van der Waals surface area contributed by atoms with Crippen LogP contribution < -0.4 is 15.7 Å². The Kier molecular flexibility index (Phi) is 6.84. The van der Waals surface area contributed by atoms with E-state index in [0.29, 0.717) is 40.2 Å². The second-order valence-corrected chi connectivity index (χ2v) is 7.52. The molecule has 1 heterocycles. The fraction of sp³-hybridized carbons (Fsp3) is 0.304. The van der Waals surface area contributed by atoms with Gasteiger partial charge in [0.15, 0.2) is 6.61 Å². The van der Waals surface area contributed by atoms with Crippen molar-refractivity contribution in [3.63, 3.8) is 0 Å². The van der Waals surface area contributed by atoms with E-state index in [9.17, 15) is 19.1 Å². The minimum Gasteiger partial charge on any atom is -0.484 e. The Bertz CT molecular complexity index is 1080. The summed E-state index contributed by atoms with van der Waals surface area (Å²) < 4.78 is 24.0. The lowest BCUT2D eigenvalue weighted by atomic mass is 10.0. The van der Waals surface area contributed by atoms with Crippen molar-refractivity contribution in [3.8, 4) is 16.9 Å². The molecule has 0 aliphatic rings.